The fourth-order valence-electron chi connectivity index (χ4n) is 5.77. The molecule has 1 aromatic carbocycles. The van der Waals surface area contributed by atoms with Crippen LogP contribution in [0, 0.1) is 20.8 Å². The van der Waals surface area contributed by atoms with Crippen LogP contribution in [0.4, 0.5) is 0 Å². The van der Waals surface area contributed by atoms with E-state index in [1.807, 2.05) is 6.07 Å². The van der Waals surface area contributed by atoms with E-state index in [0.29, 0.717) is 45.1 Å². The number of pyridine rings is 1. The van der Waals surface area contributed by atoms with E-state index in [2.05, 4.69) is 61.7 Å². The van der Waals surface area contributed by atoms with Crippen LogP contribution in [0.5, 0.6) is 5.88 Å². The third kappa shape index (κ3) is 7.41. The van der Waals surface area contributed by atoms with E-state index >= 15 is 0 Å². The highest BCUT2D eigenvalue weighted by Gasteiger charge is 2.38. The van der Waals surface area contributed by atoms with Crippen molar-refractivity contribution in [3.8, 4) is 22.7 Å². The van der Waals surface area contributed by atoms with Gasteiger partial charge in [-0.3, -0.25) is 4.18 Å². The maximum Gasteiger partial charge on any atom is 0.264 e. The summed E-state index contributed by atoms with van der Waals surface area (Å²) in [6.45, 7) is 8.67. The van der Waals surface area contributed by atoms with Gasteiger partial charge in [0.15, 0.2) is 6.29 Å². The molecule has 4 heterocycles. The molecule has 0 aliphatic carbocycles. The average Bonchev–Trinajstić information content (AvgIpc) is 3.32. The molecule has 5 rings (SSSR count). The molecule has 42 heavy (non-hydrogen) atoms. The van der Waals surface area contributed by atoms with Gasteiger partial charge in [-0.25, -0.2) is 4.98 Å². The average molecular weight is 599 g/mol. The molecule has 0 amide bonds. The Labute approximate surface area is 249 Å². The van der Waals surface area contributed by atoms with Crippen molar-refractivity contribution >= 4 is 10.1 Å². The summed E-state index contributed by atoms with van der Waals surface area (Å²) in [5.74, 6) is 0.457. The Hall–Kier alpha value is -2.76. The van der Waals surface area contributed by atoms with Crippen molar-refractivity contribution in [1.82, 2.24) is 9.55 Å². The van der Waals surface area contributed by atoms with Crippen LogP contribution in [0.3, 0.4) is 0 Å². The minimum atomic E-state index is -3.65. The number of benzene rings is 1. The Bertz CT molecular complexity index is 1450. The fourth-order valence-corrected chi connectivity index (χ4v) is 6.21. The summed E-state index contributed by atoms with van der Waals surface area (Å²) in [5, 5.41) is 0. The molecule has 2 fully saturated rings. The van der Waals surface area contributed by atoms with E-state index in [-0.39, 0.29) is 12.9 Å². The second kappa shape index (κ2) is 13.3. The summed E-state index contributed by atoms with van der Waals surface area (Å²) < 4.78 is 55.1. The van der Waals surface area contributed by atoms with E-state index < -0.39 is 15.5 Å². The van der Waals surface area contributed by atoms with Crippen molar-refractivity contribution in [2.24, 2.45) is 0 Å². The van der Waals surface area contributed by atoms with Gasteiger partial charge in [-0.05, 0) is 99.9 Å². The molecule has 0 spiro atoms. The molecule has 228 valence electrons. The predicted octanol–water partition coefficient (Wildman–Crippen LogP) is 5.41. The topological polar surface area (TPSA) is 98.1 Å². The number of hydrogen-bond acceptors (Lipinski definition) is 8. The lowest BCUT2D eigenvalue weighted by Crippen LogP contribution is -2.39. The molecule has 0 radical (unpaired) electrons. The predicted molar refractivity (Wildman–Crippen MR) is 161 cm³/mol. The minimum Gasteiger partial charge on any atom is -0.475 e. The molecule has 3 aromatic rings. The molecule has 10 heteroatoms. The van der Waals surface area contributed by atoms with Crippen molar-refractivity contribution in [3.63, 3.8) is 0 Å². The first-order chi connectivity index (χ1) is 20.1. The Morgan fingerprint density at radius 3 is 2.43 bits per heavy atom. The summed E-state index contributed by atoms with van der Waals surface area (Å²) in [6, 6.07) is 14.7. The molecule has 1 unspecified atom stereocenters. The smallest absolute Gasteiger partial charge is 0.264 e. The van der Waals surface area contributed by atoms with Crippen LogP contribution in [0.25, 0.3) is 16.8 Å². The standard InChI is InChI=1S/C32H42N2O7S/c1-23-8-11-27(34-24(2)9-10-25(34)3)21-28(23)26-19-29(32(12-15-37-16-13-32)22-41-42(4,35)36)33-30(20-26)38-17-18-40-31-7-5-6-14-39-31/h8-11,19-21,31H,5-7,12-18,22H2,1-4H3. The quantitative estimate of drug-likeness (QED) is 0.214. The van der Waals surface area contributed by atoms with Gasteiger partial charge in [-0.1, -0.05) is 6.07 Å². The molecular weight excluding hydrogens is 556 g/mol. The first-order valence-electron chi connectivity index (χ1n) is 14.7. The fraction of sp³-hybridized carbons (Fsp3) is 0.531. The maximum atomic E-state index is 12.0. The highest BCUT2D eigenvalue weighted by Crippen LogP contribution is 2.39. The summed E-state index contributed by atoms with van der Waals surface area (Å²) >= 11 is 0. The number of ether oxygens (including phenoxy) is 4. The van der Waals surface area contributed by atoms with Crippen LogP contribution >= 0.6 is 0 Å². The Kier molecular flexibility index (Phi) is 9.69. The molecule has 1 atom stereocenters. The molecule has 2 aromatic heterocycles. The lowest BCUT2D eigenvalue weighted by Gasteiger charge is -2.36. The van der Waals surface area contributed by atoms with Gasteiger partial charge in [0.25, 0.3) is 10.1 Å². The van der Waals surface area contributed by atoms with Crippen molar-refractivity contribution < 1.29 is 31.5 Å². The van der Waals surface area contributed by atoms with Crippen LogP contribution in [0.1, 0.15) is 54.7 Å². The van der Waals surface area contributed by atoms with Gasteiger partial charge < -0.3 is 23.5 Å². The van der Waals surface area contributed by atoms with Gasteiger partial charge in [0.1, 0.15) is 6.61 Å². The van der Waals surface area contributed by atoms with Crippen molar-refractivity contribution in [2.75, 3.05) is 45.9 Å². The van der Waals surface area contributed by atoms with E-state index in [1.54, 1.807) is 0 Å². The van der Waals surface area contributed by atoms with E-state index in [9.17, 15) is 8.42 Å². The molecule has 0 bridgehead atoms. The Morgan fingerprint density at radius 2 is 1.74 bits per heavy atom. The molecule has 2 saturated heterocycles. The lowest BCUT2D eigenvalue weighted by molar-refractivity contribution is -0.165. The van der Waals surface area contributed by atoms with Crippen LogP contribution in [-0.4, -0.2) is 70.2 Å². The lowest BCUT2D eigenvalue weighted by atomic mass is 9.77. The number of rotatable bonds is 11. The summed E-state index contributed by atoms with van der Waals surface area (Å²) in [5.41, 5.74) is 6.57. The number of nitrogens with zero attached hydrogens (tertiary/aromatic N) is 2. The van der Waals surface area contributed by atoms with Gasteiger partial charge in [0, 0.05) is 48.4 Å². The Morgan fingerprint density at radius 1 is 0.976 bits per heavy atom. The number of aryl methyl sites for hydroxylation is 3. The number of hydrogen-bond donors (Lipinski definition) is 0. The molecule has 2 aliphatic rings. The van der Waals surface area contributed by atoms with Crippen LogP contribution in [0.15, 0.2) is 42.5 Å². The van der Waals surface area contributed by atoms with Gasteiger partial charge >= 0.3 is 0 Å². The van der Waals surface area contributed by atoms with E-state index in [4.69, 9.17) is 28.1 Å². The van der Waals surface area contributed by atoms with Crippen molar-refractivity contribution in [1.29, 1.82) is 0 Å². The van der Waals surface area contributed by atoms with Crippen molar-refractivity contribution in [2.45, 2.75) is 64.6 Å². The van der Waals surface area contributed by atoms with Gasteiger partial charge in [0.2, 0.25) is 5.88 Å². The second-order valence-electron chi connectivity index (χ2n) is 11.4. The maximum absolute atomic E-state index is 12.0. The van der Waals surface area contributed by atoms with E-state index in [1.165, 1.54) is 0 Å². The van der Waals surface area contributed by atoms with Crippen LogP contribution < -0.4 is 4.74 Å². The Balaban J connectivity index is 1.51. The first kappa shape index (κ1) is 30.7. The second-order valence-corrected chi connectivity index (χ2v) is 13.0. The zero-order chi connectivity index (χ0) is 29.7. The van der Waals surface area contributed by atoms with Crippen molar-refractivity contribution in [3.05, 3.63) is 65.1 Å². The highest BCUT2D eigenvalue weighted by molar-refractivity contribution is 7.85. The molecule has 2 aliphatic heterocycles. The molecule has 0 N–H and O–H groups in total. The van der Waals surface area contributed by atoms with Crippen LogP contribution in [0.2, 0.25) is 0 Å². The zero-order valence-corrected chi connectivity index (χ0v) is 25.9. The monoisotopic (exact) mass is 598 g/mol. The third-order valence-electron chi connectivity index (χ3n) is 8.18. The zero-order valence-electron chi connectivity index (χ0n) is 25.1. The third-order valence-corrected chi connectivity index (χ3v) is 8.73. The molecule has 9 nitrogen and oxygen atoms in total. The first-order valence-corrected chi connectivity index (χ1v) is 16.5. The largest absolute Gasteiger partial charge is 0.475 e. The summed E-state index contributed by atoms with van der Waals surface area (Å²) in [6.07, 6.45) is 5.10. The SMILES string of the molecule is Cc1ccc(-n2c(C)ccc2C)cc1-c1cc(OCCOC2CCCCO2)nc(C2(COS(C)(=O)=O)CCOCC2)c1. The number of aromatic nitrogens is 2. The molecular formula is C32H42N2O7S. The normalized spacial score (nSPS) is 19.1. The summed E-state index contributed by atoms with van der Waals surface area (Å²) in [4.78, 5) is 4.93. The van der Waals surface area contributed by atoms with Gasteiger partial charge in [-0.15, -0.1) is 0 Å². The van der Waals surface area contributed by atoms with E-state index in [0.717, 1.165) is 71.6 Å². The van der Waals surface area contributed by atoms with Gasteiger partial charge in [0.05, 0.1) is 25.2 Å². The minimum absolute atomic E-state index is 0.00596. The molecule has 0 saturated carbocycles. The highest BCUT2D eigenvalue weighted by atomic mass is 32.2. The van der Waals surface area contributed by atoms with Gasteiger partial charge in [-0.2, -0.15) is 8.42 Å². The van der Waals surface area contributed by atoms with Crippen LogP contribution in [-0.2, 0) is 33.9 Å². The summed E-state index contributed by atoms with van der Waals surface area (Å²) in [7, 11) is -3.65.